The molecular formula is C17H16F3N3O. The van der Waals surface area contributed by atoms with Gasteiger partial charge in [-0.2, -0.15) is 13.2 Å². The van der Waals surface area contributed by atoms with Crippen LogP contribution < -0.4 is 10.2 Å². The van der Waals surface area contributed by atoms with Gasteiger partial charge in [0.05, 0.1) is 5.56 Å². The minimum atomic E-state index is -4.47. The molecule has 3 rings (SSSR count). The first kappa shape index (κ1) is 16.3. The molecule has 1 unspecified atom stereocenters. The Bertz CT molecular complexity index is 789. The van der Waals surface area contributed by atoms with Crippen LogP contribution >= 0.6 is 0 Å². The number of carbonyl (C=O) groups is 1. The highest BCUT2D eigenvalue weighted by atomic mass is 19.4. The Balaban J connectivity index is 2.14. The van der Waals surface area contributed by atoms with E-state index in [1.165, 1.54) is 14.0 Å². The molecule has 1 N–H and O–H groups in total. The van der Waals surface area contributed by atoms with E-state index in [-0.39, 0.29) is 17.4 Å². The van der Waals surface area contributed by atoms with Gasteiger partial charge in [-0.05, 0) is 30.7 Å². The molecule has 1 aromatic carbocycles. The lowest BCUT2D eigenvalue weighted by Gasteiger charge is -2.26. The van der Waals surface area contributed by atoms with E-state index >= 15 is 0 Å². The number of benzene rings is 1. The summed E-state index contributed by atoms with van der Waals surface area (Å²) >= 11 is 0. The number of hydrogen-bond acceptors (Lipinski definition) is 3. The molecule has 0 bridgehead atoms. The Kier molecular flexibility index (Phi) is 3.95. The lowest BCUT2D eigenvalue weighted by Crippen LogP contribution is -2.42. The minimum absolute atomic E-state index is 0.126. The van der Waals surface area contributed by atoms with E-state index < -0.39 is 17.8 Å². The fourth-order valence-corrected chi connectivity index (χ4v) is 2.98. The monoisotopic (exact) mass is 335 g/mol. The van der Waals surface area contributed by atoms with Crippen molar-refractivity contribution in [3.63, 3.8) is 0 Å². The van der Waals surface area contributed by atoms with Gasteiger partial charge in [-0.3, -0.25) is 4.79 Å². The molecule has 1 aromatic heterocycles. The minimum Gasteiger partial charge on any atom is -0.357 e. The van der Waals surface area contributed by atoms with Crippen LogP contribution in [0.5, 0.6) is 0 Å². The molecule has 0 saturated heterocycles. The average molecular weight is 335 g/mol. The lowest BCUT2D eigenvalue weighted by atomic mass is 10.1. The third-order valence-electron chi connectivity index (χ3n) is 4.04. The van der Waals surface area contributed by atoms with Crippen molar-refractivity contribution in [1.29, 1.82) is 0 Å². The van der Waals surface area contributed by atoms with Crippen LogP contribution in [-0.2, 0) is 17.4 Å². The molecule has 1 aliphatic rings. The Morgan fingerprint density at radius 1 is 1.29 bits per heavy atom. The number of para-hydroxylation sites is 1. The van der Waals surface area contributed by atoms with Crippen molar-refractivity contribution in [3.8, 4) is 0 Å². The summed E-state index contributed by atoms with van der Waals surface area (Å²) < 4.78 is 39.4. The van der Waals surface area contributed by atoms with Crippen molar-refractivity contribution in [2.75, 3.05) is 11.9 Å². The van der Waals surface area contributed by atoms with Gasteiger partial charge in [0.2, 0.25) is 5.91 Å². The molecule has 2 heterocycles. The van der Waals surface area contributed by atoms with Crippen LogP contribution in [0, 0.1) is 6.92 Å². The topological polar surface area (TPSA) is 45.2 Å². The lowest BCUT2D eigenvalue weighted by molar-refractivity contribution is -0.137. The molecule has 0 aliphatic carbocycles. The van der Waals surface area contributed by atoms with E-state index in [0.29, 0.717) is 12.1 Å². The molecule has 1 aliphatic heterocycles. The number of amides is 1. The van der Waals surface area contributed by atoms with Crippen LogP contribution in [0.25, 0.3) is 0 Å². The normalized spacial score (nSPS) is 16.9. The summed E-state index contributed by atoms with van der Waals surface area (Å²) in [5.74, 6) is -0.135. The van der Waals surface area contributed by atoms with E-state index in [1.54, 1.807) is 17.0 Å². The summed E-state index contributed by atoms with van der Waals surface area (Å²) in [7, 11) is 1.51. The van der Waals surface area contributed by atoms with Crippen LogP contribution in [0.3, 0.4) is 0 Å². The number of likely N-dealkylation sites (N-methyl/N-ethyl adjacent to an activating group) is 1. The average Bonchev–Trinajstić information content (AvgIpc) is 2.92. The number of nitrogens with zero attached hydrogens (tertiary/aromatic N) is 2. The SMILES string of the molecule is CNC(=O)C1Cc2ccccc2N1c1cc(C(F)(F)F)cc(C)n1. The molecule has 7 heteroatoms. The zero-order valence-electron chi connectivity index (χ0n) is 13.2. The zero-order valence-corrected chi connectivity index (χ0v) is 13.2. The Morgan fingerprint density at radius 2 is 2.00 bits per heavy atom. The van der Waals surface area contributed by atoms with Crippen molar-refractivity contribution in [2.24, 2.45) is 0 Å². The molecule has 1 atom stereocenters. The second kappa shape index (κ2) is 5.81. The summed E-state index contributed by atoms with van der Waals surface area (Å²) in [5, 5.41) is 2.57. The maximum atomic E-state index is 13.1. The number of fused-ring (bicyclic) bond motifs is 1. The van der Waals surface area contributed by atoms with E-state index in [4.69, 9.17) is 0 Å². The number of rotatable bonds is 2. The van der Waals surface area contributed by atoms with Crippen molar-refractivity contribution >= 4 is 17.4 Å². The quantitative estimate of drug-likeness (QED) is 0.917. The highest BCUT2D eigenvalue weighted by Gasteiger charge is 2.37. The van der Waals surface area contributed by atoms with E-state index in [1.807, 2.05) is 12.1 Å². The van der Waals surface area contributed by atoms with Crippen molar-refractivity contribution in [1.82, 2.24) is 10.3 Å². The Labute approximate surface area is 137 Å². The van der Waals surface area contributed by atoms with Gasteiger partial charge in [0.1, 0.15) is 11.9 Å². The number of halogens is 3. The van der Waals surface area contributed by atoms with Gasteiger partial charge < -0.3 is 10.2 Å². The van der Waals surface area contributed by atoms with E-state index in [0.717, 1.165) is 17.7 Å². The Hall–Kier alpha value is -2.57. The van der Waals surface area contributed by atoms with Gasteiger partial charge in [-0.15, -0.1) is 0 Å². The smallest absolute Gasteiger partial charge is 0.357 e. The maximum absolute atomic E-state index is 13.1. The molecule has 126 valence electrons. The van der Waals surface area contributed by atoms with Gasteiger partial charge in [0, 0.05) is 24.8 Å². The first-order valence-corrected chi connectivity index (χ1v) is 7.46. The number of nitrogens with one attached hydrogen (secondary N) is 1. The Morgan fingerprint density at radius 3 is 2.67 bits per heavy atom. The largest absolute Gasteiger partial charge is 0.416 e. The highest BCUT2D eigenvalue weighted by Crippen LogP contribution is 2.39. The van der Waals surface area contributed by atoms with Crippen LogP contribution in [0.2, 0.25) is 0 Å². The molecule has 24 heavy (non-hydrogen) atoms. The molecule has 1 amide bonds. The molecule has 0 spiro atoms. The molecular weight excluding hydrogens is 319 g/mol. The number of hydrogen-bond donors (Lipinski definition) is 1. The van der Waals surface area contributed by atoms with Gasteiger partial charge in [-0.1, -0.05) is 18.2 Å². The summed E-state index contributed by atoms with van der Waals surface area (Å²) in [6, 6.07) is 8.65. The standard InChI is InChI=1S/C17H16F3N3O/c1-10-7-12(17(18,19)20)9-15(22-10)23-13-6-4-3-5-11(13)8-14(23)16(24)21-2/h3-7,9,14H,8H2,1-2H3,(H,21,24). The first-order valence-electron chi connectivity index (χ1n) is 7.46. The number of anilines is 2. The zero-order chi connectivity index (χ0) is 17.5. The van der Waals surface area contributed by atoms with Gasteiger partial charge >= 0.3 is 6.18 Å². The third-order valence-corrected chi connectivity index (χ3v) is 4.04. The molecule has 0 fully saturated rings. The van der Waals surface area contributed by atoms with Crippen molar-refractivity contribution < 1.29 is 18.0 Å². The van der Waals surface area contributed by atoms with Crippen LogP contribution in [0.15, 0.2) is 36.4 Å². The van der Waals surface area contributed by atoms with Gasteiger partial charge in [-0.25, -0.2) is 4.98 Å². The highest BCUT2D eigenvalue weighted by molar-refractivity contribution is 5.91. The second-order valence-electron chi connectivity index (χ2n) is 5.69. The van der Waals surface area contributed by atoms with Crippen LogP contribution in [0.1, 0.15) is 16.8 Å². The first-order chi connectivity index (χ1) is 11.3. The number of aromatic nitrogens is 1. The summed E-state index contributed by atoms with van der Waals surface area (Å²) in [4.78, 5) is 18.1. The van der Waals surface area contributed by atoms with Crippen LogP contribution in [-0.4, -0.2) is 24.0 Å². The number of carbonyl (C=O) groups excluding carboxylic acids is 1. The predicted molar refractivity (Wildman–Crippen MR) is 84.1 cm³/mol. The van der Waals surface area contributed by atoms with Gasteiger partial charge in [0.15, 0.2) is 0 Å². The van der Waals surface area contributed by atoms with E-state index in [2.05, 4.69) is 10.3 Å². The molecule has 0 radical (unpaired) electrons. The van der Waals surface area contributed by atoms with E-state index in [9.17, 15) is 18.0 Å². The number of aryl methyl sites for hydroxylation is 1. The van der Waals surface area contributed by atoms with Crippen LogP contribution in [0.4, 0.5) is 24.7 Å². The van der Waals surface area contributed by atoms with Crippen molar-refractivity contribution in [3.05, 3.63) is 53.2 Å². The second-order valence-corrected chi connectivity index (χ2v) is 5.69. The molecule has 4 nitrogen and oxygen atoms in total. The summed E-state index contributed by atoms with van der Waals surface area (Å²) in [6.45, 7) is 1.51. The fourth-order valence-electron chi connectivity index (χ4n) is 2.98. The number of alkyl halides is 3. The predicted octanol–water partition coefficient (Wildman–Crippen LogP) is 3.22. The summed E-state index contributed by atoms with van der Waals surface area (Å²) in [5.41, 5.74) is 1.09. The fraction of sp³-hybridized carbons (Fsp3) is 0.294. The maximum Gasteiger partial charge on any atom is 0.416 e. The number of pyridine rings is 1. The third kappa shape index (κ3) is 2.81. The van der Waals surface area contributed by atoms with Crippen molar-refractivity contribution in [2.45, 2.75) is 25.6 Å². The van der Waals surface area contributed by atoms with Gasteiger partial charge in [0.25, 0.3) is 0 Å². The molecule has 0 saturated carbocycles. The molecule has 2 aromatic rings. The summed E-state index contributed by atoms with van der Waals surface area (Å²) in [6.07, 6.45) is -4.04.